The number of hydrogen-bond acceptors (Lipinski definition) is 17. The molecule has 0 spiro atoms. The molecule has 2 aromatic heterocycles. The van der Waals surface area contributed by atoms with Crippen molar-refractivity contribution in [3.8, 4) is 0 Å². The van der Waals surface area contributed by atoms with Gasteiger partial charge in [0.1, 0.15) is 78.5 Å². The lowest BCUT2D eigenvalue weighted by atomic mass is 9.99. The standard InChI is InChI=1S/C59H76N12O14/c1-31(2)46-56(80)83-29-41(66-48(72)40-28-60-38-22-16-17-23-39(38)64-40)49(73)62-33(5)52(76)68(10)43-24-18-19-25-44(54(78)70(46)12)69(11)53(77)34(6)63-50(74)42(30-84-57(81)47(32(3)4)71(13)55(43)79)67-51(75)45-36(27-61-58(82)85-59(7,8)9)26-35-20-14-15-21-37(35)65-45/h14-23,26,28,31-34,41-44,46-47H,24-25,27,29-30H2,1-13H3,(H,61,82)(H,62,73)(H,63,74)(H,66,72)(H,67,75)/b19-18-/t33-,34-,41+,42+,43-,44-,46-,47-/m0/s1. The molecule has 0 unspecified atom stereocenters. The van der Waals surface area contributed by atoms with E-state index in [0.29, 0.717) is 21.9 Å². The van der Waals surface area contributed by atoms with Crippen LogP contribution in [0, 0.1) is 11.8 Å². The summed E-state index contributed by atoms with van der Waals surface area (Å²) in [6.45, 7) is 12.3. The van der Waals surface area contributed by atoms with Crippen molar-refractivity contribution in [1.82, 2.24) is 61.1 Å². The van der Waals surface area contributed by atoms with Gasteiger partial charge in [-0.1, -0.05) is 70.2 Å². The highest BCUT2D eigenvalue weighted by molar-refractivity contribution is 6.02. The number of esters is 2. The van der Waals surface area contributed by atoms with E-state index in [1.807, 2.05) is 0 Å². The fourth-order valence-corrected chi connectivity index (χ4v) is 9.83. The highest BCUT2D eigenvalue weighted by atomic mass is 16.6. The minimum Gasteiger partial charge on any atom is -0.461 e. The third-order valence-corrected chi connectivity index (χ3v) is 14.4. The Labute approximate surface area is 492 Å². The molecule has 0 aliphatic carbocycles. The third kappa shape index (κ3) is 16.2. The van der Waals surface area contributed by atoms with Crippen molar-refractivity contribution in [2.75, 3.05) is 41.4 Å². The number of cyclic esters (lactones) is 2. The van der Waals surface area contributed by atoms with Crippen molar-refractivity contribution >= 4 is 87.2 Å². The number of benzene rings is 2. The predicted molar refractivity (Wildman–Crippen MR) is 308 cm³/mol. The first kappa shape index (κ1) is 65.1. The van der Waals surface area contributed by atoms with Crippen LogP contribution >= 0.6 is 0 Å². The average Bonchev–Trinajstić information content (AvgIpc) is 3.64. The molecule has 5 N–H and O–H groups in total. The van der Waals surface area contributed by atoms with Gasteiger partial charge in [-0.05, 0) is 83.6 Å². The van der Waals surface area contributed by atoms with Crippen molar-refractivity contribution < 1.29 is 67.0 Å². The maximum absolute atomic E-state index is 15.0. The summed E-state index contributed by atoms with van der Waals surface area (Å²) in [5, 5.41) is 13.5. The van der Waals surface area contributed by atoms with E-state index in [2.05, 4.69) is 41.5 Å². The van der Waals surface area contributed by atoms with Crippen LogP contribution in [0.15, 0.2) is 72.9 Å². The van der Waals surface area contributed by atoms with Crippen molar-refractivity contribution in [3.05, 3.63) is 89.9 Å². The van der Waals surface area contributed by atoms with Crippen molar-refractivity contribution in [1.29, 1.82) is 0 Å². The Bertz CT molecular complexity index is 3250. The second-order valence-electron chi connectivity index (χ2n) is 22.7. The number of alkyl carbamates (subject to hydrolysis) is 1. The molecule has 9 amide bonds. The van der Waals surface area contributed by atoms with Gasteiger partial charge in [-0.15, -0.1) is 0 Å². The number of ether oxygens (including phenoxy) is 3. The first-order valence-electron chi connectivity index (χ1n) is 27.8. The van der Waals surface area contributed by atoms with Crippen LogP contribution in [0.3, 0.4) is 0 Å². The number of pyridine rings is 1. The smallest absolute Gasteiger partial charge is 0.407 e. The highest BCUT2D eigenvalue weighted by Crippen LogP contribution is 2.23. The number of carbonyl (C=O) groups is 11. The van der Waals surface area contributed by atoms with Crippen LogP contribution < -0.4 is 26.6 Å². The van der Waals surface area contributed by atoms with Crippen LogP contribution in [0.5, 0.6) is 0 Å². The lowest BCUT2D eigenvalue weighted by Gasteiger charge is -2.37. The van der Waals surface area contributed by atoms with Crippen molar-refractivity contribution in [2.45, 2.75) is 136 Å². The number of aromatic nitrogens is 3. The van der Waals surface area contributed by atoms with Crippen LogP contribution in [-0.2, 0) is 59.1 Å². The topological polar surface area (TPSA) is 327 Å². The molecule has 2 aliphatic rings. The van der Waals surface area contributed by atoms with Gasteiger partial charge in [0.25, 0.3) is 11.8 Å². The molecule has 85 heavy (non-hydrogen) atoms. The summed E-state index contributed by atoms with van der Waals surface area (Å²) in [6, 6.07) is 3.30. The molecular formula is C59H76N12O14. The fourth-order valence-electron chi connectivity index (χ4n) is 9.83. The normalized spacial score (nSPS) is 23.7. The van der Waals surface area contributed by atoms with Gasteiger partial charge in [-0.3, -0.25) is 43.3 Å². The van der Waals surface area contributed by atoms with Crippen LogP contribution in [0.4, 0.5) is 4.79 Å². The number of fused-ring (bicyclic) bond motifs is 6. The molecule has 4 heterocycles. The van der Waals surface area contributed by atoms with Crippen molar-refractivity contribution in [2.24, 2.45) is 11.8 Å². The zero-order chi connectivity index (χ0) is 62.8. The Morgan fingerprint density at radius 2 is 1.09 bits per heavy atom. The first-order chi connectivity index (χ1) is 40.0. The summed E-state index contributed by atoms with van der Waals surface area (Å²) in [4.78, 5) is 175. The summed E-state index contributed by atoms with van der Waals surface area (Å²) in [7, 11) is 5.25. The Kier molecular flexibility index (Phi) is 21.4. The summed E-state index contributed by atoms with van der Waals surface area (Å²) >= 11 is 0. The van der Waals surface area contributed by atoms with E-state index in [4.69, 9.17) is 14.2 Å². The molecule has 0 saturated carbocycles. The number of para-hydroxylation sites is 3. The number of rotatable bonds is 8. The summed E-state index contributed by atoms with van der Waals surface area (Å²) < 4.78 is 16.9. The lowest BCUT2D eigenvalue weighted by Crippen LogP contribution is -2.60. The quantitative estimate of drug-likeness (QED) is 0.0959. The van der Waals surface area contributed by atoms with Crippen LogP contribution in [0.1, 0.15) is 102 Å². The molecular weight excluding hydrogens is 1100 g/mol. The highest BCUT2D eigenvalue weighted by Gasteiger charge is 2.42. The van der Waals surface area contributed by atoms with E-state index in [1.165, 1.54) is 60.4 Å². The monoisotopic (exact) mass is 1180 g/mol. The van der Waals surface area contributed by atoms with E-state index in [-0.39, 0.29) is 36.3 Å². The molecule has 4 aromatic rings. The largest absolute Gasteiger partial charge is 0.461 e. The van der Waals surface area contributed by atoms with E-state index in [1.54, 1.807) is 103 Å². The molecule has 26 nitrogen and oxygen atoms in total. The van der Waals surface area contributed by atoms with Gasteiger partial charge >= 0.3 is 18.0 Å². The van der Waals surface area contributed by atoms with E-state index >= 15 is 0 Å². The zero-order valence-electron chi connectivity index (χ0n) is 50.1. The van der Waals surface area contributed by atoms with Crippen LogP contribution in [0.2, 0.25) is 0 Å². The minimum atomic E-state index is -1.76. The average molecular weight is 1180 g/mol. The SMILES string of the molecule is CC(C)[C@H]1C(=O)OC[C@@H](NC(=O)c2nc3ccccc3cc2CNC(=O)OC(C)(C)C)C(=O)N[C@@H](C)C(=O)N(C)[C@H]2C/C=C\C[C@@H](C(=O)N1C)N(C)C(=O)[C@H](C)NC(=O)[C@H](NC(=O)c1cnc3ccccc3n1)COC(=O)[C@H](C(C)C)N(C)C2=O. The number of nitrogens with zero attached hydrogens (tertiary/aromatic N) is 7. The molecule has 0 saturated heterocycles. The molecule has 0 radical (unpaired) electrons. The number of nitrogens with one attached hydrogen (secondary N) is 5. The molecule has 2 aromatic carbocycles. The second-order valence-corrected chi connectivity index (χ2v) is 22.7. The van der Waals surface area contributed by atoms with Gasteiger partial charge in [-0.2, -0.15) is 0 Å². The van der Waals surface area contributed by atoms with Crippen LogP contribution in [0.25, 0.3) is 21.9 Å². The first-order valence-corrected chi connectivity index (χ1v) is 27.8. The van der Waals surface area contributed by atoms with Gasteiger partial charge in [0.15, 0.2) is 0 Å². The van der Waals surface area contributed by atoms with Gasteiger partial charge in [0.2, 0.25) is 35.4 Å². The lowest BCUT2D eigenvalue weighted by molar-refractivity contribution is -0.160. The minimum absolute atomic E-state index is 0.194. The van der Waals surface area contributed by atoms with Gasteiger partial charge < -0.3 is 60.4 Å². The predicted octanol–water partition coefficient (Wildman–Crippen LogP) is 2.18. The fraction of sp³-hybridized carbons (Fsp3) is 0.492. The Balaban J connectivity index is 1.40. The molecule has 8 atom stereocenters. The van der Waals surface area contributed by atoms with Crippen LogP contribution in [-0.4, -0.2) is 195 Å². The summed E-state index contributed by atoms with van der Waals surface area (Å²) in [6.07, 6.45) is 2.93. The molecule has 0 fully saturated rings. The van der Waals surface area contributed by atoms with Gasteiger partial charge in [0, 0.05) is 45.7 Å². The Hall–Kier alpha value is -9.10. The number of hydrogen-bond donors (Lipinski definition) is 5. The zero-order valence-corrected chi connectivity index (χ0v) is 50.1. The molecule has 26 heteroatoms. The Morgan fingerprint density at radius 3 is 1.58 bits per heavy atom. The third-order valence-electron chi connectivity index (χ3n) is 14.4. The number of amides is 9. The van der Waals surface area contributed by atoms with Gasteiger partial charge in [0.05, 0.1) is 22.7 Å². The number of carbonyl (C=O) groups excluding carboxylic acids is 11. The maximum atomic E-state index is 15.0. The van der Waals surface area contributed by atoms with E-state index in [0.717, 1.165) is 19.6 Å². The summed E-state index contributed by atoms with van der Waals surface area (Å²) in [5.41, 5.74) is 0.163. The Morgan fingerprint density at radius 1 is 0.635 bits per heavy atom. The van der Waals surface area contributed by atoms with E-state index in [9.17, 15) is 52.7 Å². The molecule has 456 valence electrons. The van der Waals surface area contributed by atoms with Gasteiger partial charge in [-0.25, -0.2) is 24.4 Å². The van der Waals surface area contributed by atoms with Crippen molar-refractivity contribution in [3.63, 3.8) is 0 Å². The molecule has 6 rings (SSSR count). The maximum Gasteiger partial charge on any atom is 0.407 e. The molecule has 2 bridgehead atoms. The molecule has 2 aliphatic heterocycles. The second kappa shape index (κ2) is 28.0. The number of likely N-dealkylation sites (N-methyl/N-ethyl adjacent to an activating group) is 4. The van der Waals surface area contributed by atoms with E-state index < -0.39 is 144 Å². The summed E-state index contributed by atoms with van der Waals surface area (Å²) in [5.74, 6) is -10.4.